The molecular weight excluding hydrogens is 236 g/mol. The lowest BCUT2D eigenvalue weighted by atomic mass is 10.2. The first-order valence-corrected chi connectivity index (χ1v) is 7.86. The fourth-order valence-corrected chi connectivity index (χ4v) is 4.41. The zero-order valence-corrected chi connectivity index (χ0v) is 12.5. The van der Waals surface area contributed by atoms with Gasteiger partial charge in [0.25, 0.3) is 0 Å². The molecular formula is C12H24O4Si. The van der Waals surface area contributed by atoms with E-state index in [1.54, 1.807) is 13.8 Å². The average molecular weight is 260 g/mol. The van der Waals surface area contributed by atoms with Gasteiger partial charge in [0.15, 0.2) is 5.78 Å². The van der Waals surface area contributed by atoms with Crippen molar-refractivity contribution in [2.75, 3.05) is 19.8 Å². The Morgan fingerprint density at radius 2 is 1.47 bits per heavy atom. The minimum atomic E-state index is -2.94. The van der Waals surface area contributed by atoms with E-state index >= 15 is 0 Å². The van der Waals surface area contributed by atoms with E-state index in [-0.39, 0.29) is 5.78 Å². The Bertz CT molecular complexity index is 248. The lowest BCUT2D eigenvalue weighted by Crippen LogP contribution is -2.52. The van der Waals surface area contributed by atoms with Crippen LogP contribution in [-0.2, 0) is 18.1 Å². The Labute approximate surface area is 105 Å². The van der Waals surface area contributed by atoms with Crippen LogP contribution in [-0.4, -0.2) is 34.4 Å². The predicted molar refractivity (Wildman–Crippen MR) is 69.9 cm³/mol. The highest BCUT2D eigenvalue weighted by Crippen LogP contribution is 2.28. The van der Waals surface area contributed by atoms with Gasteiger partial charge in [-0.05, 0) is 33.3 Å². The maximum Gasteiger partial charge on any atom is 0.511 e. The van der Waals surface area contributed by atoms with Crippen molar-refractivity contribution < 1.29 is 18.1 Å². The molecule has 1 unspecified atom stereocenters. The smallest absolute Gasteiger partial charge is 0.373 e. The Morgan fingerprint density at radius 1 is 1.12 bits per heavy atom. The second-order valence-corrected chi connectivity index (χ2v) is 6.71. The molecule has 0 N–H and O–H groups in total. The number of hydrogen-bond acceptors (Lipinski definition) is 4. The molecule has 0 radical (unpaired) electrons. The van der Waals surface area contributed by atoms with Gasteiger partial charge in [-0.2, -0.15) is 0 Å². The normalized spacial score (nSPS) is 13.5. The summed E-state index contributed by atoms with van der Waals surface area (Å²) >= 11 is 0. The monoisotopic (exact) mass is 260 g/mol. The first-order valence-electron chi connectivity index (χ1n) is 6.06. The molecule has 0 aliphatic heterocycles. The van der Waals surface area contributed by atoms with E-state index < -0.39 is 14.3 Å². The first kappa shape index (κ1) is 16.5. The van der Waals surface area contributed by atoms with Crippen LogP contribution in [0, 0.1) is 0 Å². The van der Waals surface area contributed by atoms with Crippen molar-refractivity contribution in [3.63, 3.8) is 0 Å². The molecule has 0 aliphatic rings. The first-order chi connectivity index (χ1) is 7.95. The van der Waals surface area contributed by atoms with Crippen molar-refractivity contribution in [2.45, 2.75) is 40.2 Å². The van der Waals surface area contributed by atoms with E-state index in [9.17, 15) is 4.79 Å². The lowest BCUT2D eigenvalue weighted by Gasteiger charge is -2.32. The molecule has 4 nitrogen and oxygen atoms in total. The molecule has 5 heteroatoms. The van der Waals surface area contributed by atoms with Crippen molar-refractivity contribution >= 4 is 14.6 Å². The highest BCUT2D eigenvalue weighted by atomic mass is 28.4. The molecule has 1 atom stereocenters. The van der Waals surface area contributed by atoms with Crippen LogP contribution < -0.4 is 0 Å². The number of rotatable bonds is 9. The summed E-state index contributed by atoms with van der Waals surface area (Å²) in [5.41, 5.74) is 0.105. The van der Waals surface area contributed by atoms with E-state index in [2.05, 4.69) is 6.58 Å². The largest absolute Gasteiger partial charge is 0.511 e. The molecule has 0 bridgehead atoms. The fraction of sp³-hybridized carbons (Fsp3) is 0.750. The molecule has 0 heterocycles. The SMILES string of the molecule is C=C(C)C(=O)C(C)[Si](OCC)(OCC)OCC. The zero-order valence-electron chi connectivity index (χ0n) is 11.5. The number of allylic oxidation sites excluding steroid dienone is 1. The van der Waals surface area contributed by atoms with Crippen LogP contribution >= 0.6 is 0 Å². The van der Waals surface area contributed by atoms with E-state index in [1.807, 2.05) is 20.8 Å². The summed E-state index contributed by atoms with van der Waals surface area (Å²) in [7, 11) is -2.94. The molecule has 0 aromatic heterocycles. The van der Waals surface area contributed by atoms with Crippen LogP contribution in [0.2, 0.25) is 5.54 Å². The van der Waals surface area contributed by atoms with Crippen molar-refractivity contribution in [1.82, 2.24) is 0 Å². The van der Waals surface area contributed by atoms with Crippen LogP contribution in [0.15, 0.2) is 12.2 Å². The third-order valence-corrected chi connectivity index (χ3v) is 5.78. The lowest BCUT2D eigenvalue weighted by molar-refractivity contribution is -0.116. The molecule has 0 aliphatic carbocycles. The van der Waals surface area contributed by atoms with Crippen LogP contribution in [0.4, 0.5) is 0 Å². The predicted octanol–water partition coefficient (Wildman–Crippen LogP) is 2.57. The van der Waals surface area contributed by atoms with Gasteiger partial charge in [-0.3, -0.25) is 4.79 Å². The number of hydrogen-bond donors (Lipinski definition) is 0. The van der Waals surface area contributed by atoms with Crippen molar-refractivity contribution in [3.05, 3.63) is 12.2 Å². The standard InChI is InChI=1S/C12H24O4Si/c1-7-14-17(15-8-2,16-9-3)11(6)12(13)10(4)5/h11H,4,7-9H2,1-3,5-6H3. The second-order valence-electron chi connectivity index (χ2n) is 3.77. The fourth-order valence-electron chi connectivity index (χ4n) is 1.63. The quantitative estimate of drug-likeness (QED) is 0.472. The van der Waals surface area contributed by atoms with Gasteiger partial charge in [0, 0.05) is 19.8 Å². The highest BCUT2D eigenvalue weighted by molar-refractivity contribution is 6.67. The van der Waals surface area contributed by atoms with Gasteiger partial charge in [-0.1, -0.05) is 13.5 Å². The summed E-state index contributed by atoms with van der Waals surface area (Å²) in [6.07, 6.45) is 0. The van der Waals surface area contributed by atoms with Gasteiger partial charge >= 0.3 is 8.80 Å². The second kappa shape index (κ2) is 7.76. The van der Waals surface area contributed by atoms with Crippen molar-refractivity contribution in [3.8, 4) is 0 Å². The van der Waals surface area contributed by atoms with E-state index in [1.165, 1.54) is 0 Å². The summed E-state index contributed by atoms with van der Waals surface area (Å²) < 4.78 is 17.0. The summed E-state index contributed by atoms with van der Waals surface area (Å²) in [6, 6.07) is 0. The Kier molecular flexibility index (Phi) is 7.54. The molecule has 17 heavy (non-hydrogen) atoms. The van der Waals surface area contributed by atoms with E-state index in [0.717, 1.165) is 0 Å². The number of carbonyl (C=O) groups is 1. The molecule has 0 rings (SSSR count). The van der Waals surface area contributed by atoms with Crippen molar-refractivity contribution in [1.29, 1.82) is 0 Å². The maximum atomic E-state index is 12.0. The molecule has 0 aromatic carbocycles. The molecule has 0 saturated heterocycles. The van der Waals surface area contributed by atoms with Crippen LogP contribution in [0.1, 0.15) is 34.6 Å². The minimum Gasteiger partial charge on any atom is -0.373 e. The molecule has 100 valence electrons. The average Bonchev–Trinajstić information content (AvgIpc) is 2.27. The Morgan fingerprint density at radius 3 is 1.71 bits per heavy atom. The number of Topliss-reactive ketones (excluding diaryl/α,β-unsaturated/α-hetero) is 1. The van der Waals surface area contributed by atoms with E-state index in [0.29, 0.717) is 25.4 Å². The molecule has 0 fully saturated rings. The van der Waals surface area contributed by atoms with Gasteiger partial charge in [-0.25, -0.2) is 0 Å². The van der Waals surface area contributed by atoms with E-state index in [4.69, 9.17) is 13.3 Å². The number of carbonyl (C=O) groups excluding carboxylic acids is 1. The topological polar surface area (TPSA) is 44.8 Å². The molecule has 0 saturated carbocycles. The van der Waals surface area contributed by atoms with Gasteiger partial charge in [0.1, 0.15) is 0 Å². The zero-order chi connectivity index (χ0) is 13.5. The molecule has 0 aromatic rings. The number of ketones is 1. The van der Waals surface area contributed by atoms with Crippen LogP contribution in [0.3, 0.4) is 0 Å². The molecule has 0 spiro atoms. The summed E-state index contributed by atoms with van der Waals surface area (Å²) in [4.78, 5) is 12.0. The summed E-state index contributed by atoms with van der Waals surface area (Å²) in [5.74, 6) is -0.0491. The summed E-state index contributed by atoms with van der Waals surface area (Å²) in [5, 5.41) is 0. The van der Waals surface area contributed by atoms with Crippen LogP contribution in [0.25, 0.3) is 0 Å². The minimum absolute atomic E-state index is 0.0491. The molecule has 0 amide bonds. The maximum absolute atomic E-state index is 12.0. The van der Waals surface area contributed by atoms with Gasteiger partial charge in [0.05, 0.1) is 5.54 Å². The van der Waals surface area contributed by atoms with Gasteiger partial charge in [-0.15, -0.1) is 0 Å². The van der Waals surface area contributed by atoms with Crippen LogP contribution in [0.5, 0.6) is 0 Å². The third kappa shape index (κ3) is 4.35. The van der Waals surface area contributed by atoms with Gasteiger partial charge < -0.3 is 13.3 Å². The summed E-state index contributed by atoms with van der Waals surface area (Å²) in [6.45, 7) is 14.2. The van der Waals surface area contributed by atoms with Crippen molar-refractivity contribution in [2.24, 2.45) is 0 Å². The third-order valence-electron chi connectivity index (χ3n) is 2.38. The Hall–Kier alpha value is -0.493. The highest BCUT2D eigenvalue weighted by Gasteiger charge is 2.50. The Balaban J connectivity index is 5.09. The van der Waals surface area contributed by atoms with Gasteiger partial charge in [0.2, 0.25) is 0 Å².